The minimum absolute atomic E-state index is 0.0482. The number of anilines is 2. The lowest BCUT2D eigenvalue weighted by Crippen LogP contribution is -2.35. The average molecular weight is 441 g/mol. The van der Waals surface area contributed by atoms with E-state index in [2.05, 4.69) is 33.5 Å². The number of halogens is 1. The van der Waals surface area contributed by atoms with Crippen molar-refractivity contribution in [2.24, 2.45) is 0 Å². The molecule has 0 saturated carbocycles. The van der Waals surface area contributed by atoms with E-state index in [1.54, 1.807) is 6.20 Å². The highest BCUT2D eigenvalue weighted by molar-refractivity contribution is 6.30. The molecule has 0 fully saturated rings. The van der Waals surface area contributed by atoms with E-state index in [0.29, 0.717) is 23.1 Å². The number of benzene rings is 3. The minimum atomic E-state index is 0.0482. The lowest BCUT2D eigenvalue weighted by atomic mass is 9.99. The molecular formula is C26H21ClN4O. The second-order valence-corrected chi connectivity index (χ2v) is 8.16. The molecule has 158 valence electrons. The summed E-state index contributed by atoms with van der Waals surface area (Å²) in [7, 11) is 0. The third-order valence-corrected chi connectivity index (χ3v) is 5.85. The maximum absolute atomic E-state index is 13.0. The van der Waals surface area contributed by atoms with Crippen molar-refractivity contribution < 1.29 is 4.79 Å². The van der Waals surface area contributed by atoms with Crippen molar-refractivity contribution in [3.05, 3.63) is 107 Å². The molecule has 1 aliphatic heterocycles. The highest BCUT2D eigenvalue weighted by Gasteiger charge is 2.21. The van der Waals surface area contributed by atoms with Gasteiger partial charge in [-0.05, 0) is 60.0 Å². The lowest BCUT2D eigenvalue weighted by Gasteiger charge is -2.29. The molecule has 2 heterocycles. The number of rotatable bonds is 4. The first-order valence-corrected chi connectivity index (χ1v) is 10.9. The molecule has 3 aromatic carbocycles. The fourth-order valence-electron chi connectivity index (χ4n) is 3.88. The van der Waals surface area contributed by atoms with Gasteiger partial charge in [0.25, 0.3) is 5.91 Å². The van der Waals surface area contributed by atoms with E-state index in [9.17, 15) is 4.79 Å². The van der Waals surface area contributed by atoms with Crippen LogP contribution in [-0.4, -0.2) is 27.3 Å². The van der Waals surface area contributed by atoms with Gasteiger partial charge in [0.1, 0.15) is 0 Å². The SMILES string of the molecule is O=C(c1ccc(Nc2nccc(-c3ccc(Cl)cc3)n2)cc1)N1CCc2ccccc2C1. The van der Waals surface area contributed by atoms with E-state index < -0.39 is 0 Å². The number of nitrogens with one attached hydrogen (secondary N) is 1. The first kappa shape index (κ1) is 20.2. The molecule has 5 nitrogen and oxygen atoms in total. The molecule has 1 N–H and O–H groups in total. The number of carbonyl (C=O) groups is 1. The smallest absolute Gasteiger partial charge is 0.254 e. The number of aromatic nitrogens is 2. The van der Waals surface area contributed by atoms with Crippen molar-refractivity contribution >= 4 is 29.1 Å². The van der Waals surface area contributed by atoms with Gasteiger partial charge in [-0.2, -0.15) is 0 Å². The van der Waals surface area contributed by atoms with E-state index >= 15 is 0 Å². The molecule has 0 radical (unpaired) electrons. The summed E-state index contributed by atoms with van der Waals surface area (Å²) < 4.78 is 0. The highest BCUT2D eigenvalue weighted by atomic mass is 35.5. The third-order valence-electron chi connectivity index (χ3n) is 5.60. The van der Waals surface area contributed by atoms with Gasteiger partial charge >= 0.3 is 0 Å². The maximum atomic E-state index is 13.0. The van der Waals surface area contributed by atoms with Gasteiger partial charge in [-0.3, -0.25) is 4.79 Å². The normalized spacial score (nSPS) is 12.8. The van der Waals surface area contributed by atoms with E-state index in [-0.39, 0.29) is 5.91 Å². The van der Waals surface area contributed by atoms with Crippen LogP contribution in [0.4, 0.5) is 11.6 Å². The molecule has 0 aliphatic carbocycles. The fourth-order valence-corrected chi connectivity index (χ4v) is 4.00. The third kappa shape index (κ3) is 4.34. The minimum Gasteiger partial charge on any atom is -0.334 e. The number of carbonyl (C=O) groups excluding carboxylic acids is 1. The summed E-state index contributed by atoms with van der Waals surface area (Å²) in [4.78, 5) is 23.8. The molecule has 6 heteroatoms. The first-order chi connectivity index (χ1) is 15.7. The molecule has 1 amide bonds. The van der Waals surface area contributed by atoms with E-state index in [1.807, 2.05) is 65.6 Å². The van der Waals surface area contributed by atoms with Gasteiger partial charge in [-0.15, -0.1) is 0 Å². The Balaban J connectivity index is 1.28. The molecule has 0 bridgehead atoms. The summed E-state index contributed by atoms with van der Waals surface area (Å²) in [5, 5.41) is 3.90. The molecule has 32 heavy (non-hydrogen) atoms. The molecule has 0 saturated heterocycles. The van der Waals surface area contributed by atoms with Crippen LogP contribution in [0.5, 0.6) is 0 Å². The second kappa shape index (κ2) is 8.81. The van der Waals surface area contributed by atoms with Crippen LogP contribution in [-0.2, 0) is 13.0 Å². The van der Waals surface area contributed by atoms with Crippen LogP contribution in [0.2, 0.25) is 5.02 Å². The number of amides is 1. The zero-order valence-electron chi connectivity index (χ0n) is 17.3. The summed E-state index contributed by atoms with van der Waals surface area (Å²) in [6.45, 7) is 1.39. The van der Waals surface area contributed by atoms with Gasteiger partial charge < -0.3 is 10.2 Å². The molecule has 0 spiro atoms. The van der Waals surface area contributed by atoms with E-state index in [0.717, 1.165) is 29.9 Å². The largest absolute Gasteiger partial charge is 0.334 e. The summed E-state index contributed by atoms with van der Waals surface area (Å²) in [6, 6.07) is 25.1. The van der Waals surface area contributed by atoms with Crippen LogP contribution in [0, 0.1) is 0 Å². The zero-order chi connectivity index (χ0) is 21.9. The summed E-state index contributed by atoms with van der Waals surface area (Å²) in [5.74, 6) is 0.538. The zero-order valence-corrected chi connectivity index (χ0v) is 18.1. The van der Waals surface area contributed by atoms with Crippen molar-refractivity contribution in [2.45, 2.75) is 13.0 Å². The summed E-state index contributed by atoms with van der Waals surface area (Å²) >= 11 is 5.97. The Morgan fingerprint density at radius 1 is 0.906 bits per heavy atom. The highest BCUT2D eigenvalue weighted by Crippen LogP contribution is 2.23. The predicted octanol–water partition coefficient (Wildman–Crippen LogP) is 5.74. The number of hydrogen-bond donors (Lipinski definition) is 1. The molecule has 1 aliphatic rings. The standard InChI is InChI=1S/C26H21ClN4O/c27-22-9-5-19(6-10-22)24-13-15-28-26(30-24)29-23-11-7-20(8-12-23)25(32)31-16-14-18-3-1-2-4-21(18)17-31/h1-13,15H,14,16-17H2,(H,28,29,30). The van der Waals surface area contributed by atoms with Crippen LogP contribution in [0.3, 0.4) is 0 Å². The fraction of sp³-hybridized carbons (Fsp3) is 0.115. The van der Waals surface area contributed by atoms with Crippen molar-refractivity contribution in [3.63, 3.8) is 0 Å². The van der Waals surface area contributed by atoms with Gasteiger partial charge in [0.15, 0.2) is 0 Å². The monoisotopic (exact) mass is 440 g/mol. The van der Waals surface area contributed by atoms with Crippen LogP contribution in [0.25, 0.3) is 11.3 Å². The van der Waals surface area contributed by atoms with Crippen molar-refractivity contribution in [1.29, 1.82) is 0 Å². The number of hydrogen-bond acceptors (Lipinski definition) is 4. The molecule has 5 rings (SSSR count). The lowest BCUT2D eigenvalue weighted by molar-refractivity contribution is 0.0735. The van der Waals surface area contributed by atoms with Gasteiger partial charge in [0, 0.05) is 41.1 Å². The predicted molar refractivity (Wildman–Crippen MR) is 127 cm³/mol. The van der Waals surface area contributed by atoms with Crippen LogP contribution < -0.4 is 5.32 Å². The van der Waals surface area contributed by atoms with Crippen molar-refractivity contribution in [3.8, 4) is 11.3 Å². The Bertz CT molecular complexity index is 1260. The Kier molecular flexibility index (Phi) is 5.57. The maximum Gasteiger partial charge on any atom is 0.254 e. The topological polar surface area (TPSA) is 58.1 Å². The van der Waals surface area contributed by atoms with Crippen LogP contribution >= 0.6 is 11.6 Å². The second-order valence-electron chi connectivity index (χ2n) is 7.72. The molecule has 0 atom stereocenters. The van der Waals surface area contributed by atoms with E-state index in [1.165, 1.54) is 11.1 Å². The van der Waals surface area contributed by atoms with Crippen LogP contribution in [0.1, 0.15) is 21.5 Å². The van der Waals surface area contributed by atoms with Crippen molar-refractivity contribution in [2.75, 3.05) is 11.9 Å². The van der Waals surface area contributed by atoms with Gasteiger partial charge in [0.05, 0.1) is 5.69 Å². The van der Waals surface area contributed by atoms with E-state index in [4.69, 9.17) is 11.6 Å². The van der Waals surface area contributed by atoms with Crippen LogP contribution in [0.15, 0.2) is 85.1 Å². The van der Waals surface area contributed by atoms with Crippen molar-refractivity contribution in [1.82, 2.24) is 14.9 Å². The van der Waals surface area contributed by atoms with Gasteiger partial charge in [-0.25, -0.2) is 9.97 Å². The number of nitrogens with zero attached hydrogens (tertiary/aromatic N) is 3. The Morgan fingerprint density at radius 2 is 1.66 bits per heavy atom. The Morgan fingerprint density at radius 3 is 2.44 bits per heavy atom. The average Bonchev–Trinajstić information content (AvgIpc) is 2.84. The summed E-state index contributed by atoms with van der Waals surface area (Å²) in [5.41, 5.74) is 5.81. The first-order valence-electron chi connectivity index (χ1n) is 10.5. The molecule has 4 aromatic rings. The number of fused-ring (bicyclic) bond motifs is 1. The van der Waals surface area contributed by atoms with Gasteiger partial charge in [0.2, 0.25) is 5.95 Å². The molecule has 1 aromatic heterocycles. The Hall–Kier alpha value is -3.70. The Labute approximate surface area is 191 Å². The quantitative estimate of drug-likeness (QED) is 0.439. The molecule has 0 unspecified atom stereocenters. The van der Waals surface area contributed by atoms with Gasteiger partial charge in [-0.1, -0.05) is 48.0 Å². The molecular weight excluding hydrogens is 420 g/mol. The summed E-state index contributed by atoms with van der Waals surface area (Å²) in [6.07, 6.45) is 2.61.